The Morgan fingerprint density at radius 1 is 0.964 bits per heavy atom. The van der Waals surface area contributed by atoms with E-state index < -0.39 is 0 Å². The summed E-state index contributed by atoms with van der Waals surface area (Å²) in [5.41, 5.74) is 3.68. The summed E-state index contributed by atoms with van der Waals surface area (Å²) in [6.07, 6.45) is 7.59. The molecule has 0 aliphatic carbocycles. The van der Waals surface area contributed by atoms with Crippen LogP contribution in [-0.4, -0.2) is 62.9 Å². The van der Waals surface area contributed by atoms with Crippen LogP contribution in [0, 0.1) is 0 Å². The van der Waals surface area contributed by atoms with Gasteiger partial charge in [0.2, 0.25) is 5.95 Å². The minimum Gasteiger partial charge on any atom is -0.479 e. The molecular formula is C19H19N7O2. The first kappa shape index (κ1) is 16.8. The van der Waals surface area contributed by atoms with Gasteiger partial charge in [-0.05, 0) is 18.6 Å². The summed E-state index contributed by atoms with van der Waals surface area (Å²) < 4.78 is 5.47. The molecule has 3 aromatic rings. The van der Waals surface area contributed by atoms with Gasteiger partial charge in [-0.1, -0.05) is 0 Å². The van der Waals surface area contributed by atoms with Crippen molar-refractivity contribution in [3.63, 3.8) is 0 Å². The van der Waals surface area contributed by atoms with Crippen molar-refractivity contribution in [2.75, 3.05) is 42.6 Å². The van der Waals surface area contributed by atoms with Crippen LogP contribution in [0.2, 0.25) is 0 Å². The fourth-order valence-electron chi connectivity index (χ4n) is 3.61. The molecule has 1 fully saturated rings. The van der Waals surface area contributed by atoms with Crippen molar-refractivity contribution in [3.8, 4) is 17.3 Å². The van der Waals surface area contributed by atoms with Gasteiger partial charge < -0.3 is 19.6 Å². The summed E-state index contributed by atoms with van der Waals surface area (Å²) in [5.74, 6) is 1.57. The number of nitrogens with zero attached hydrogens (tertiary/aromatic N) is 7. The van der Waals surface area contributed by atoms with Gasteiger partial charge in [-0.25, -0.2) is 15.0 Å². The predicted octanol–water partition coefficient (Wildman–Crippen LogP) is 1.56. The van der Waals surface area contributed by atoms with E-state index in [2.05, 4.69) is 24.8 Å². The number of morpholine rings is 1. The third-order valence-corrected chi connectivity index (χ3v) is 4.99. The van der Waals surface area contributed by atoms with Gasteiger partial charge >= 0.3 is 6.01 Å². The van der Waals surface area contributed by atoms with E-state index in [1.165, 1.54) is 0 Å². The fourth-order valence-corrected chi connectivity index (χ4v) is 3.61. The molecule has 0 aromatic carbocycles. The Balaban J connectivity index is 1.64. The Morgan fingerprint density at radius 3 is 2.46 bits per heavy atom. The maximum Gasteiger partial charge on any atom is 0.313 e. The minimum atomic E-state index is -0.249. The third-order valence-electron chi connectivity index (χ3n) is 4.99. The number of hydrogen-bond acceptors (Lipinski definition) is 9. The topological polar surface area (TPSA) is 100 Å². The lowest BCUT2D eigenvalue weighted by Gasteiger charge is -2.28. The lowest BCUT2D eigenvalue weighted by atomic mass is 10.1. The van der Waals surface area contributed by atoms with Crippen LogP contribution in [0.3, 0.4) is 0 Å². The Kier molecular flexibility index (Phi) is 4.21. The lowest BCUT2D eigenvalue weighted by Crippen LogP contribution is -2.37. The van der Waals surface area contributed by atoms with Gasteiger partial charge in [-0.15, -0.1) is 0 Å². The average Bonchev–Trinajstić information content (AvgIpc) is 3.19. The second kappa shape index (κ2) is 7.01. The number of pyridine rings is 1. The van der Waals surface area contributed by atoms with E-state index in [1.54, 1.807) is 24.8 Å². The third kappa shape index (κ3) is 2.99. The summed E-state index contributed by atoms with van der Waals surface area (Å²) in [7, 11) is 0. The molecule has 0 spiro atoms. The highest BCUT2D eigenvalue weighted by molar-refractivity contribution is 5.76. The molecule has 5 heterocycles. The van der Waals surface area contributed by atoms with Crippen LogP contribution in [0.1, 0.15) is 5.56 Å². The summed E-state index contributed by atoms with van der Waals surface area (Å²) in [6, 6.07) is 3.71. The van der Waals surface area contributed by atoms with Crippen molar-refractivity contribution >= 4 is 17.5 Å². The second-order valence-electron chi connectivity index (χ2n) is 6.65. The average molecular weight is 377 g/mol. The largest absolute Gasteiger partial charge is 0.479 e. The molecule has 0 saturated carbocycles. The first-order chi connectivity index (χ1) is 13.8. The Labute approximate surface area is 161 Å². The van der Waals surface area contributed by atoms with Gasteiger partial charge in [0.25, 0.3) is 0 Å². The molecule has 9 heteroatoms. The maximum atomic E-state index is 9.45. The van der Waals surface area contributed by atoms with Crippen molar-refractivity contribution in [1.82, 2.24) is 24.9 Å². The molecule has 2 aliphatic heterocycles. The molecule has 1 saturated heterocycles. The van der Waals surface area contributed by atoms with Crippen molar-refractivity contribution in [3.05, 3.63) is 42.5 Å². The van der Waals surface area contributed by atoms with E-state index in [4.69, 9.17) is 14.7 Å². The zero-order valence-corrected chi connectivity index (χ0v) is 15.2. The molecule has 5 rings (SSSR count). The number of fused-ring (bicyclic) bond motifs is 1. The van der Waals surface area contributed by atoms with Crippen LogP contribution in [0.15, 0.2) is 36.9 Å². The predicted molar refractivity (Wildman–Crippen MR) is 103 cm³/mol. The molecule has 28 heavy (non-hydrogen) atoms. The van der Waals surface area contributed by atoms with Crippen LogP contribution >= 0.6 is 0 Å². The lowest BCUT2D eigenvalue weighted by molar-refractivity contribution is 0.122. The molecule has 1 N–H and O–H groups in total. The highest BCUT2D eigenvalue weighted by Gasteiger charge is 2.29. The van der Waals surface area contributed by atoms with Crippen molar-refractivity contribution in [2.24, 2.45) is 0 Å². The first-order valence-corrected chi connectivity index (χ1v) is 9.22. The molecule has 2 aliphatic rings. The molecule has 0 unspecified atom stereocenters. The smallest absolute Gasteiger partial charge is 0.313 e. The minimum absolute atomic E-state index is 0.249. The van der Waals surface area contributed by atoms with Crippen molar-refractivity contribution in [2.45, 2.75) is 6.42 Å². The second-order valence-corrected chi connectivity index (χ2v) is 6.65. The van der Waals surface area contributed by atoms with Crippen LogP contribution in [-0.2, 0) is 11.2 Å². The van der Waals surface area contributed by atoms with Gasteiger partial charge in [0.15, 0.2) is 0 Å². The van der Waals surface area contributed by atoms with Gasteiger partial charge in [-0.3, -0.25) is 4.98 Å². The molecule has 3 aromatic heterocycles. The number of hydrogen-bond donors (Lipinski definition) is 1. The number of rotatable bonds is 3. The number of anilines is 3. The van der Waals surface area contributed by atoms with E-state index >= 15 is 0 Å². The Hall–Kier alpha value is -3.33. The van der Waals surface area contributed by atoms with E-state index in [0.717, 1.165) is 54.4 Å². The van der Waals surface area contributed by atoms with Crippen molar-refractivity contribution in [1.29, 1.82) is 0 Å². The zero-order chi connectivity index (χ0) is 18.9. The van der Waals surface area contributed by atoms with Crippen molar-refractivity contribution < 1.29 is 9.84 Å². The molecular weight excluding hydrogens is 358 g/mol. The molecule has 0 radical (unpaired) electrons. The highest BCUT2D eigenvalue weighted by atomic mass is 16.5. The van der Waals surface area contributed by atoms with E-state index in [1.807, 2.05) is 12.1 Å². The molecule has 142 valence electrons. The molecule has 0 atom stereocenters. The number of aromatic nitrogens is 5. The Bertz CT molecular complexity index is 976. The van der Waals surface area contributed by atoms with Gasteiger partial charge in [0.05, 0.1) is 18.9 Å². The van der Waals surface area contributed by atoms with Crippen LogP contribution < -0.4 is 9.80 Å². The monoisotopic (exact) mass is 377 g/mol. The van der Waals surface area contributed by atoms with E-state index in [-0.39, 0.29) is 6.01 Å². The summed E-state index contributed by atoms with van der Waals surface area (Å²) in [4.78, 5) is 26.1. The van der Waals surface area contributed by atoms with Gasteiger partial charge in [0, 0.05) is 61.2 Å². The van der Waals surface area contributed by atoms with Gasteiger partial charge in [0.1, 0.15) is 5.82 Å². The first-order valence-electron chi connectivity index (χ1n) is 9.22. The van der Waals surface area contributed by atoms with Crippen LogP contribution in [0.4, 0.5) is 17.5 Å². The fraction of sp³-hybridized carbons (Fsp3) is 0.316. The number of aromatic hydroxyl groups is 1. The van der Waals surface area contributed by atoms with Gasteiger partial charge in [-0.2, -0.15) is 4.98 Å². The maximum absolute atomic E-state index is 9.45. The van der Waals surface area contributed by atoms with E-state index in [0.29, 0.717) is 19.2 Å². The normalized spacial score (nSPS) is 16.3. The zero-order valence-electron chi connectivity index (χ0n) is 15.2. The molecule has 9 nitrogen and oxygen atoms in total. The standard InChI is InChI=1S/C19H19N7O2/c27-19-21-11-13(12-22-19)16-15-3-6-26(14-1-4-20-5-2-14)17(15)24-18(23-16)25-7-9-28-10-8-25/h1-2,4-5,11-12H,3,6-10H2,(H,21,22,27). The summed E-state index contributed by atoms with van der Waals surface area (Å²) >= 11 is 0. The van der Waals surface area contributed by atoms with Crippen LogP contribution in [0.5, 0.6) is 6.01 Å². The molecule has 0 bridgehead atoms. The summed E-state index contributed by atoms with van der Waals surface area (Å²) in [6.45, 7) is 3.63. The number of ether oxygens (including phenoxy) is 1. The molecule has 0 amide bonds. The van der Waals surface area contributed by atoms with E-state index in [9.17, 15) is 5.11 Å². The SMILES string of the molecule is Oc1ncc(-c2nc(N3CCOCC3)nc3c2CCN3c2ccncc2)cn1. The highest BCUT2D eigenvalue weighted by Crippen LogP contribution is 2.38. The quantitative estimate of drug-likeness (QED) is 0.729. The van der Waals surface area contributed by atoms with Crippen LogP contribution in [0.25, 0.3) is 11.3 Å². The Morgan fingerprint density at radius 2 is 1.71 bits per heavy atom. The summed E-state index contributed by atoms with van der Waals surface area (Å²) in [5, 5.41) is 9.45.